The first kappa shape index (κ1) is 14.6. The third-order valence-corrected chi connectivity index (χ3v) is 2.21. The maximum absolute atomic E-state index is 11.3. The summed E-state index contributed by atoms with van der Waals surface area (Å²) in [5, 5.41) is 0.487. The predicted molar refractivity (Wildman–Crippen MR) is 61.0 cm³/mol. The maximum atomic E-state index is 11.3. The van der Waals surface area contributed by atoms with Gasteiger partial charge in [-0.2, -0.15) is 0 Å². The van der Waals surface area contributed by atoms with Crippen molar-refractivity contribution in [3.05, 3.63) is 11.6 Å². The quantitative estimate of drug-likeness (QED) is 0.224. The molecule has 0 aromatic carbocycles. The second kappa shape index (κ2) is 10.1. The van der Waals surface area contributed by atoms with E-state index in [1.165, 1.54) is 0 Å². The first-order chi connectivity index (χ1) is 7.26. The summed E-state index contributed by atoms with van der Waals surface area (Å²) in [6.07, 6.45) is 1.71. The van der Waals surface area contributed by atoms with E-state index in [-0.39, 0.29) is 12.8 Å². The maximum Gasteiger partial charge on any atom is 0.336 e. The van der Waals surface area contributed by atoms with Gasteiger partial charge in [0.25, 0.3) is 0 Å². The third kappa shape index (κ3) is 7.53. The van der Waals surface area contributed by atoms with Crippen molar-refractivity contribution in [2.75, 3.05) is 31.9 Å². The molecule has 0 aliphatic rings. The van der Waals surface area contributed by atoms with Crippen molar-refractivity contribution >= 4 is 21.9 Å². The molecule has 15 heavy (non-hydrogen) atoms. The van der Waals surface area contributed by atoms with Crippen LogP contribution in [0.2, 0.25) is 0 Å². The standard InChI is InChI=1S/C10H17BrO4/c1-3-9(7-11)10(12)15-8-14-6-5-13-4-2/h3H,4-8H2,1-2H3/b9-3+. The van der Waals surface area contributed by atoms with Crippen LogP contribution in [0.5, 0.6) is 0 Å². The van der Waals surface area contributed by atoms with Crippen LogP contribution in [0.25, 0.3) is 0 Å². The fourth-order valence-corrected chi connectivity index (χ4v) is 1.31. The zero-order valence-corrected chi connectivity index (χ0v) is 10.7. The number of halogens is 1. The molecule has 88 valence electrons. The van der Waals surface area contributed by atoms with Crippen LogP contribution in [0.4, 0.5) is 0 Å². The number of rotatable bonds is 8. The Morgan fingerprint density at radius 2 is 2.00 bits per heavy atom. The highest BCUT2D eigenvalue weighted by Crippen LogP contribution is 2.02. The second-order valence-corrected chi connectivity index (χ2v) is 3.16. The summed E-state index contributed by atoms with van der Waals surface area (Å²) in [6, 6.07) is 0. The molecule has 0 aliphatic carbocycles. The van der Waals surface area contributed by atoms with E-state index in [0.717, 1.165) is 0 Å². The minimum absolute atomic E-state index is 0.0315. The Morgan fingerprint density at radius 1 is 1.33 bits per heavy atom. The Kier molecular flexibility index (Phi) is 9.88. The SMILES string of the molecule is C/C=C(\CBr)C(=O)OCOCCOCC. The third-order valence-electron chi connectivity index (χ3n) is 1.60. The summed E-state index contributed by atoms with van der Waals surface area (Å²) >= 11 is 3.19. The van der Waals surface area contributed by atoms with Crippen LogP contribution in [0, 0.1) is 0 Å². The molecule has 5 heteroatoms. The van der Waals surface area contributed by atoms with Crippen molar-refractivity contribution in [3.63, 3.8) is 0 Å². The molecule has 0 saturated carbocycles. The van der Waals surface area contributed by atoms with E-state index in [4.69, 9.17) is 14.2 Å². The highest BCUT2D eigenvalue weighted by molar-refractivity contribution is 9.09. The van der Waals surface area contributed by atoms with Crippen LogP contribution in [0.1, 0.15) is 13.8 Å². The number of carbonyl (C=O) groups excluding carboxylic acids is 1. The predicted octanol–water partition coefficient (Wildman–Crippen LogP) is 1.88. The smallest absolute Gasteiger partial charge is 0.336 e. The van der Waals surface area contributed by atoms with E-state index in [2.05, 4.69) is 15.9 Å². The number of esters is 1. The highest BCUT2D eigenvalue weighted by atomic mass is 79.9. The molecule has 0 aromatic rings. The van der Waals surface area contributed by atoms with E-state index >= 15 is 0 Å². The first-order valence-electron chi connectivity index (χ1n) is 4.80. The molecule has 0 bridgehead atoms. The van der Waals surface area contributed by atoms with Gasteiger partial charge in [0.2, 0.25) is 0 Å². The van der Waals surface area contributed by atoms with Crippen molar-refractivity contribution in [2.45, 2.75) is 13.8 Å². The molecule has 0 unspecified atom stereocenters. The lowest BCUT2D eigenvalue weighted by Crippen LogP contribution is -2.13. The van der Waals surface area contributed by atoms with Gasteiger partial charge in [-0.25, -0.2) is 4.79 Å². The number of hydrogen-bond acceptors (Lipinski definition) is 4. The molecule has 0 aromatic heterocycles. The van der Waals surface area contributed by atoms with Gasteiger partial charge in [0.05, 0.1) is 13.2 Å². The number of hydrogen-bond donors (Lipinski definition) is 0. The molecule has 0 amide bonds. The van der Waals surface area contributed by atoms with E-state index < -0.39 is 0 Å². The molecule has 0 atom stereocenters. The van der Waals surface area contributed by atoms with Gasteiger partial charge in [-0.1, -0.05) is 22.0 Å². The molecule has 0 spiro atoms. The lowest BCUT2D eigenvalue weighted by Gasteiger charge is -2.06. The normalized spacial score (nSPS) is 11.5. The van der Waals surface area contributed by atoms with Gasteiger partial charge in [0.15, 0.2) is 6.79 Å². The van der Waals surface area contributed by atoms with E-state index in [1.54, 1.807) is 13.0 Å². The fourth-order valence-electron chi connectivity index (χ4n) is 0.759. The van der Waals surface area contributed by atoms with Gasteiger partial charge < -0.3 is 14.2 Å². The molecule has 0 aliphatic heterocycles. The largest absolute Gasteiger partial charge is 0.435 e. The van der Waals surface area contributed by atoms with Gasteiger partial charge >= 0.3 is 5.97 Å². The summed E-state index contributed by atoms with van der Waals surface area (Å²) in [6.45, 7) is 5.28. The summed E-state index contributed by atoms with van der Waals surface area (Å²) in [4.78, 5) is 11.3. The van der Waals surface area contributed by atoms with Crippen LogP contribution in [-0.2, 0) is 19.0 Å². The summed E-state index contributed by atoms with van der Waals surface area (Å²) in [7, 11) is 0. The molecule has 0 saturated heterocycles. The first-order valence-corrected chi connectivity index (χ1v) is 5.92. The molecule has 0 N–H and O–H groups in total. The number of carbonyl (C=O) groups is 1. The fraction of sp³-hybridized carbons (Fsp3) is 0.700. The zero-order chi connectivity index (χ0) is 11.5. The van der Waals surface area contributed by atoms with Crippen LogP contribution >= 0.6 is 15.9 Å². The van der Waals surface area contributed by atoms with Crippen LogP contribution in [-0.4, -0.2) is 37.9 Å². The Hall–Kier alpha value is -0.390. The topological polar surface area (TPSA) is 44.8 Å². The molecular formula is C10H17BrO4. The Labute approximate surface area is 98.7 Å². The molecule has 0 heterocycles. The van der Waals surface area contributed by atoms with Crippen molar-refractivity contribution in [1.29, 1.82) is 0 Å². The van der Waals surface area contributed by atoms with Gasteiger partial charge in [-0.05, 0) is 13.8 Å². The zero-order valence-electron chi connectivity index (χ0n) is 9.12. The van der Waals surface area contributed by atoms with Crippen molar-refractivity contribution in [2.24, 2.45) is 0 Å². The summed E-state index contributed by atoms with van der Waals surface area (Å²) in [5.74, 6) is -0.356. The van der Waals surface area contributed by atoms with Crippen molar-refractivity contribution in [3.8, 4) is 0 Å². The molecule has 4 nitrogen and oxygen atoms in total. The van der Waals surface area contributed by atoms with Gasteiger partial charge in [-0.3, -0.25) is 0 Å². The summed E-state index contributed by atoms with van der Waals surface area (Å²) in [5.41, 5.74) is 0.586. The van der Waals surface area contributed by atoms with E-state index in [1.807, 2.05) is 6.92 Å². The van der Waals surface area contributed by atoms with Crippen molar-refractivity contribution < 1.29 is 19.0 Å². The molecular weight excluding hydrogens is 264 g/mol. The monoisotopic (exact) mass is 280 g/mol. The minimum atomic E-state index is -0.356. The summed E-state index contributed by atoms with van der Waals surface area (Å²) < 4.78 is 14.9. The Bertz CT molecular complexity index is 204. The van der Waals surface area contributed by atoms with E-state index in [0.29, 0.717) is 30.7 Å². The molecule has 0 radical (unpaired) electrons. The Balaban J connectivity index is 3.47. The minimum Gasteiger partial charge on any atom is -0.435 e. The number of ether oxygens (including phenoxy) is 3. The van der Waals surface area contributed by atoms with Crippen LogP contribution in [0.15, 0.2) is 11.6 Å². The molecule has 0 fully saturated rings. The lowest BCUT2D eigenvalue weighted by atomic mass is 10.3. The van der Waals surface area contributed by atoms with Crippen molar-refractivity contribution in [1.82, 2.24) is 0 Å². The van der Waals surface area contributed by atoms with E-state index in [9.17, 15) is 4.79 Å². The van der Waals surface area contributed by atoms with Gasteiger partial charge in [0.1, 0.15) is 0 Å². The van der Waals surface area contributed by atoms with Gasteiger partial charge in [0, 0.05) is 17.5 Å². The number of alkyl halides is 1. The molecule has 0 rings (SSSR count). The second-order valence-electron chi connectivity index (χ2n) is 2.60. The number of allylic oxidation sites excluding steroid dienone is 1. The average molecular weight is 281 g/mol. The van der Waals surface area contributed by atoms with Crippen LogP contribution in [0.3, 0.4) is 0 Å². The van der Waals surface area contributed by atoms with Crippen LogP contribution < -0.4 is 0 Å². The Morgan fingerprint density at radius 3 is 2.53 bits per heavy atom. The van der Waals surface area contributed by atoms with Gasteiger partial charge in [-0.15, -0.1) is 0 Å². The lowest BCUT2D eigenvalue weighted by molar-refractivity contribution is -0.152. The highest BCUT2D eigenvalue weighted by Gasteiger charge is 2.07. The average Bonchev–Trinajstić information content (AvgIpc) is 2.25.